The van der Waals surface area contributed by atoms with Crippen LogP contribution in [0.25, 0.3) is 6.08 Å². The van der Waals surface area contributed by atoms with E-state index in [4.69, 9.17) is 11.6 Å². The van der Waals surface area contributed by atoms with Crippen LogP contribution in [-0.4, -0.2) is 29.6 Å². The lowest BCUT2D eigenvalue weighted by Gasteiger charge is -2.31. The van der Waals surface area contributed by atoms with Gasteiger partial charge < -0.3 is 9.80 Å². The third kappa shape index (κ3) is 4.91. The Kier molecular flexibility index (Phi) is 6.57. The molecular weight excluding hydrogens is 408 g/mol. The molecular formula is C26H27ClN2O2. The maximum absolute atomic E-state index is 13.1. The van der Waals surface area contributed by atoms with Gasteiger partial charge in [0.15, 0.2) is 5.78 Å². The Bertz CT molecular complexity index is 1020. The fourth-order valence-electron chi connectivity index (χ4n) is 4.20. The molecule has 1 aromatic carbocycles. The number of carbonyl (C=O) groups is 2. The molecule has 0 atom stereocenters. The highest BCUT2D eigenvalue weighted by molar-refractivity contribution is 6.31. The van der Waals surface area contributed by atoms with E-state index in [0.29, 0.717) is 30.1 Å². The van der Waals surface area contributed by atoms with Gasteiger partial charge in [0.1, 0.15) is 5.78 Å². The molecule has 31 heavy (non-hydrogen) atoms. The van der Waals surface area contributed by atoms with Gasteiger partial charge in [-0.2, -0.15) is 0 Å². The molecule has 4 nitrogen and oxygen atoms in total. The summed E-state index contributed by atoms with van der Waals surface area (Å²) in [5, 5.41) is 0.675. The summed E-state index contributed by atoms with van der Waals surface area (Å²) in [6.45, 7) is 3.67. The third-order valence-electron chi connectivity index (χ3n) is 5.96. The second kappa shape index (κ2) is 9.52. The van der Waals surface area contributed by atoms with Gasteiger partial charge >= 0.3 is 0 Å². The normalized spacial score (nSPS) is 19.0. The highest BCUT2D eigenvalue weighted by Gasteiger charge is 2.25. The topological polar surface area (TPSA) is 40.6 Å². The van der Waals surface area contributed by atoms with E-state index in [1.54, 1.807) is 0 Å². The number of fused-ring (bicyclic) bond motifs is 1. The van der Waals surface area contributed by atoms with E-state index in [9.17, 15) is 9.59 Å². The number of anilines is 1. The first kappa shape index (κ1) is 21.4. The third-order valence-corrected chi connectivity index (χ3v) is 6.20. The predicted molar refractivity (Wildman–Crippen MR) is 126 cm³/mol. The van der Waals surface area contributed by atoms with Gasteiger partial charge in [0.05, 0.1) is 5.70 Å². The lowest BCUT2D eigenvalue weighted by atomic mass is 9.96. The molecule has 1 aromatic rings. The van der Waals surface area contributed by atoms with Crippen LogP contribution >= 0.6 is 11.6 Å². The second-order valence-corrected chi connectivity index (χ2v) is 8.44. The van der Waals surface area contributed by atoms with Crippen LogP contribution in [0.5, 0.6) is 0 Å². The zero-order valence-electron chi connectivity index (χ0n) is 17.8. The molecule has 1 saturated heterocycles. The van der Waals surface area contributed by atoms with Crippen LogP contribution in [0.4, 0.5) is 5.69 Å². The van der Waals surface area contributed by atoms with Gasteiger partial charge in [0, 0.05) is 55.0 Å². The van der Waals surface area contributed by atoms with Crippen molar-refractivity contribution in [2.24, 2.45) is 0 Å². The van der Waals surface area contributed by atoms with E-state index >= 15 is 0 Å². The first-order chi connectivity index (χ1) is 15.0. The summed E-state index contributed by atoms with van der Waals surface area (Å²) in [5.41, 5.74) is 5.10. The monoisotopic (exact) mass is 434 g/mol. The molecule has 3 aliphatic heterocycles. The number of Topliss-reactive ketones (excluding diaryl/α,β-unsaturated/α-hetero) is 2. The van der Waals surface area contributed by atoms with Gasteiger partial charge in [-0.15, -0.1) is 0 Å². The minimum Gasteiger partial charge on any atom is -0.371 e. The molecule has 3 aliphatic rings. The maximum atomic E-state index is 13.1. The van der Waals surface area contributed by atoms with Gasteiger partial charge in [0.2, 0.25) is 0 Å². The van der Waals surface area contributed by atoms with E-state index in [2.05, 4.69) is 42.2 Å². The number of hydrogen-bond acceptors (Lipinski definition) is 4. The summed E-state index contributed by atoms with van der Waals surface area (Å²) in [7, 11) is 0. The molecule has 0 unspecified atom stereocenters. The Balaban J connectivity index is 1.40. The summed E-state index contributed by atoms with van der Waals surface area (Å²) in [6, 6.07) is 8.29. The Morgan fingerprint density at radius 2 is 1.90 bits per heavy atom. The molecule has 0 spiro atoms. The molecule has 0 amide bonds. The van der Waals surface area contributed by atoms with E-state index in [0.717, 1.165) is 54.1 Å². The maximum Gasteiger partial charge on any atom is 0.183 e. The van der Waals surface area contributed by atoms with Crippen LogP contribution in [0.1, 0.15) is 44.6 Å². The molecule has 1 fully saturated rings. The molecule has 0 radical (unpaired) electrons. The van der Waals surface area contributed by atoms with E-state index in [-0.39, 0.29) is 5.78 Å². The molecule has 0 saturated carbocycles. The van der Waals surface area contributed by atoms with Crippen LogP contribution in [-0.2, 0) is 9.59 Å². The molecule has 0 bridgehead atoms. The zero-order valence-corrected chi connectivity index (χ0v) is 18.6. The number of nitrogens with zero attached hydrogens (tertiary/aromatic N) is 2. The molecule has 4 rings (SSSR count). The fraction of sp³-hybridized carbons (Fsp3) is 0.308. The number of carbonyl (C=O) groups excluding carboxylic acids is 2. The summed E-state index contributed by atoms with van der Waals surface area (Å²) in [6.07, 6.45) is 14.9. The molecule has 0 aromatic heterocycles. The summed E-state index contributed by atoms with van der Waals surface area (Å²) < 4.78 is 0. The van der Waals surface area contributed by atoms with Crippen molar-refractivity contribution in [2.75, 3.05) is 18.0 Å². The number of hydrogen-bond donors (Lipinski definition) is 0. The summed E-state index contributed by atoms with van der Waals surface area (Å²) >= 11 is 6.13. The Labute approximate surface area is 188 Å². The first-order valence-corrected chi connectivity index (χ1v) is 11.3. The molecule has 5 heteroatoms. The minimum atomic E-state index is 0.115. The number of ketones is 2. The van der Waals surface area contributed by atoms with Gasteiger partial charge in [0.25, 0.3) is 0 Å². The number of rotatable bonds is 6. The van der Waals surface area contributed by atoms with Crippen molar-refractivity contribution in [3.8, 4) is 0 Å². The van der Waals surface area contributed by atoms with Crippen LogP contribution in [0.15, 0.2) is 76.8 Å². The highest BCUT2D eigenvalue weighted by Crippen LogP contribution is 2.33. The molecule has 3 heterocycles. The zero-order chi connectivity index (χ0) is 21.8. The number of benzene rings is 1. The highest BCUT2D eigenvalue weighted by atomic mass is 35.5. The first-order valence-electron chi connectivity index (χ1n) is 10.9. The molecule has 160 valence electrons. The van der Waals surface area contributed by atoms with Crippen molar-refractivity contribution >= 4 is 34.9 Å². The summed E-state index contributed by atoms with van der Waals surface area (Å²) in [5.74, 6) is 0.464. The smallest absolute Gasteiger partial charge is 0.183 e. The van der Waals surface area contributed by atoms with Crippen molar-refractivity contribution in [3.63, 3.8) is 0 Å². The van der Waals surface area contributed by atoms with Gasteiger partial charge in [-0.3, -0.25) is 9.59 Å². The van der Waals surface area contributed by atoms with E-state index in [1.165, 1.54) is 0 Å². The van der Waals surface area contributed by atoms with E-state index in [1.807, 2.05) is 35.4 Å². The Morgan fingerprint density at radius 3 is 2.61 bits per heavy atom. The van der Waals surface area contributed by atoms with Crippen LogP contribution < -0.4 is 4.90 Å². The SMILES string of the molecule is CCC1=C(C(=O)C/C=C/c2ccc(N3CCC(=O)CC3)cc2)N2C=CC(Cl)=CC2=CC1. The van der Waals surface area contributed by atoms with Crippen molar-refractivity contribution in [2.45, 2.75) is 39.0 Å². The van der Waals surface area contributed by atoms with Crippen molar-refractivity contribution in [1.29, 1.82) is 0 Å². The van der Waals surface area contributed by atoms with Crippen molar-refractivity contribution in [1.82, 2.24) is 4.90 Å². The van der Waals surface area contributed by atoms with Crippen LogP contribution in [0, 0.1) is 0 Å². The summed E-state index contributed by atoms with van der Waals surface area (Å²) in [4.78, 5) is 28.7. The van der Waals surface area contributed by atoms with Crippen molar-refractivity contribution in [3.05, 3.63) is 82.3 Å². The largest absolute Gasteiger partial charge is 0.371 e. The number of allylic oxidation sites excluding steroid dienone is 7. The Morgan fingerprint density at radius 1 is 1.16 bits per heavy atom. The predicted octanol–water partition coefficient (Wildman–Crippen LogP) is 5.73. The average Bonchev–Trinajstić information content (AvgIpc) is 2.79. The minimum absolute atomic E-state index is 0.115. The lowest BCUT2D eigenvalue weighted by molar-refractivity contribution is -0.119. The second-order valence-electron chi connectivity index (χ2n) is 8.00. The fourth-order valence-corrected chi connectivity index (χ4v) is 4.37. The van der Waals surface area contributed by atoms with Crippen molar-refractivity contribution < 1.29 is 9.59 Å². The van der Waals surface area contributed by atoms with Gasteiger partial charge in [-0.05, 0) is 48.3 Å². The van der Waals surface area contributed by atoms with Crippen LogP contribution in [0.2, 0.25) is 0 Å². The standard InChI is InChI=1S/C26H27ClN2O2/c1-2-20-8-11-23-18-21(27)12-17-29(23)26(20)25(31)5-3-4-19-6-9-22(10-7-19)28-15-13-24(30)14-16-28/h3-4,6-7,9-12,17-18H,2,5,8,13-16H2,1H3/b4-3+. The lowest BCUT2D eigenvalue weighted by Crippen LogP contribution is -2.33. The number of piperidine rings is 1. The van der Waals surface area contributed by atoms with Gasteiger partial charge in [-0.25, -0.2) is 0 Å². The molecule has 0 N–H and O–H groups in total. The number of halogens is 1. The molecule has 0 aliphatic carbocycles. The Hall–Kier alpha value is -2.85. The quantitative estimate of drug-likeness (QED) is 0.573. The van der Waals surface area contributed by atoms with Crippen LogP contribution in [0.3, 0.4) is 0 Å². The average molecular weight is 435 g/mol. The van der Waals surface area contributed by atoms with E-state index < -0.39 is 0 Å². The van der Waals surface area contributed by atoms with Gasteiger partial charge in [-0.1, -0.05) is 48.9 Å².